The SMILES string of the molecule is CC(C)CN(c1ccc([C@H]2C[C@H]2C(=O)O)cc1NC(=O)Cc1ccc(C#N)cc1)C1CCCCC1. The number of benzene rings is 2. The molecule has 2 N–H and O–H groups in total. The van der Waals surface area contributed by atoms with Gasteiger partial charge < -0.3 is 15.3 Å². The highest BCUT2D eigenvalue weighted by molar-refractivity contribution is 5.96. The van der Waals surface area contributed by atoms with Crippen molar-refractivity contribution in [1.82, 2.24) is 0 Å². The minimum atomic E-state index is -0.755. The minimum Gasteiger partial charge on any atom is -0.481 e. The van der Waals surface area contributed by atoms with Crippen molar-refractivity contribution in [2.45, 2.75) is 70.8 Å². The number of aliphatic carboxylic acids is 1. The van der Waals surface area contributed by atoms with Gasteiger partial charge in [-0.1, -0.05) is 51.3 Å². The molecule has 0 aromatic heterocycles. The van der Waals surface area contributed by atoms with E-state index in [1.54, 1.807) is 12.1 Å². The summed E-state index contributed by atoms with van der Waals surface area (Å²) in [6, 6.07) is 15.7. The van der Waals surface area contributed by atoms with E-state index in [-0.39, 0.29) is 24.2 Å². The predicted octanol–water partition coefficient (Wildman–Crippen LogP) is 5.72. The number of carboxylic acids is 1. The molecule has 2 aromatic carbocycles. The van der Waals surface area contributed by atoms with Crippen LogP contribution < -0.4 is 10.2 Å². The maximum Gasteiger partial charge on any atom is 0.307 e. The zero-order valence-electron chi connectivity index (χ0n) is 20.7. The zero-order valence-corrected chi connectivity index (χ0v) is 20.7. The number of carbonyl (C=O) groups excluding carboxylic acids is 1. The Morgan fingerprint density at radius 3 is 2.43 bits per heavy atom. The molecular formula is C29H35N3O3. The first kappa shape index (κ1) is 24.8. The molecule has 2 saturated carbocycles. The summed E-state index contributed by atoms with van der Waals surface area (Å²) in [5.74, 6) is -0.739. The van der Waals surface area contributed by atoms with Crippen LogP contribution in [0.25, 0.3) is 0 Å². The van der Waals surface area contributed by atoms with E-state index < -0.39 is 5.97 Å². The van der Waals surface area contributed by atoms with Gasteiger partial charge in [-0.25, -0.2) is 0 Å². The lowest BCUT2D eigenvalue weighted by molar-refractivity contribution is -0.138. The van der Waals surface area contributed by atoms with Crippen molar-refractivity contribution in [3.63, 3.8) is 0 Å². The third kappa shape index (κ3) is 6.22. The predicted molar refractivity (Wildman–Crippen MR) is 137 cm³/mol. The third-order valence-corrected chi connectivity index (χ3v) is 7.16. The molecular weight excluding hydrogens is 438 g/mol. The third-order valence-electron chi connectivity index (χ3n) is 7.16. The zero-order chi connectivity index (χ0) is 24.9. The normalized spacial score (nSPS) is 19.7. The van der Waals surface area contributed by atoms with E-state index >= 15 is 0 Å². The van der Waals surface area contributed by atoms with Crippen LogP contribution in [-0.2, 0) is 16.0 Å². The quantitative estimate of drug-likeness (QED) is 0.486. The Labute approximate surface area is 208 Å². The Balaban J connectivity index is 1.62. The van der Waals surface area contributed by atoms with Crippen LogP contribution in [0.5, 0.6) is 0 Å². The number of carboxylic acid groups (broad SMARTS) is 1. The van der Waals surface area contributed by atoms with Crippen molar-refractivity contribution in [2.24, 2.45) is 11.8 Å². The van der Waals surface area contributed by atoms with E-state index in [9.17, 15) is 14.7 Å². The van der Waals surface area contributed by atoms with Crippen LogP contribution in [0.4, 0.5) is 11.4 Å². The number of carbonyl (C=O) groups is 2. The summed E-state index contributed by atoms with van der Waals surface area (Å²) >= 11 is 0. The number of hydrogen-bond donors (Lipinski definition) is 2. The fourth-order valence-electron chi connectivity index (χ4n) is 5.28. The van der Waals surface area contributed by atoms with Crippen molar-refractivity contribution in [2.75, 3.05) is 16.8 Å². The number of amides is 1. The summed E-state index contributed by atoms with van der Waals surface area (Å²) < 4.78 is 0. The molecule has 35 heavy (non-hydrogen) atoms. The number of nitrogens with zero attached hydrogens (tertiary/aromatic N) is 2. The molecule has 184 valence electrons. The van der Waals surface area contributed by atoms with Crippen molar-refractivity contribution < 1.29 is 14.7 Å². The summed E-state index contributed by atoms with van der Waals surface area (Å²) in [5.41, 5.74) is 4.18. The lowest BCUT2D eigenvalue weighted by Crippen LogP contribution is -2.40. The lowest BCUT2D eigenvalue weighted by atomic mass is 9.92. The van der Waals surface area contributed by atoms with Crippen LogP contribution in [0, 0.1) is 23.2 Å². The lowest BCUT2D eigenvalue weighted by Gasteiger charge is -2.38. The number of hydrogen-bond acceptors (Lipinski definition) is 4. The monoisotopic (exact) mass is 473 g/mol. The van der Waals surface area contributed by atoms with Crippen LogP contribution >= 0.6 is 0 Å². The molecule has 0 unspecified atom stereocenters. The maximum atomic E-state index is 13.1. The Morgan fingerprint density at radius 1 is 1.11 bits per heavy atom. The summed E-state index contributed by atoms with van der Waals surface area (Å²) in [5, 5.41) is 21.6. The smallest absolute Gasteiger partial charge is 0.307 e. The molecule has 1 amide bonds. The first-order chi connectivity index (χ1) is 16.9. The van der Waals surface area contributed by atoms with E-state index in [1.165, 1.54) is 19.3 Å². The highest BCUT2D eigenvalue weighted by atomic mass is 16.4. The number of nitrogens with one attached hydrogen (secondary N) is 1. The van der Waals surface area contributed by atoms with Crippen molar-refractivity contribution in [3.8, 4) is 6.07 Å². The van der Waals surface area contributed by atoms with E-state index in [0.717, 1.165) is 41.9 Å². The summed E-state index contributed by atoms with van der Waals surface area (Å²) in [6.45, 7) is 5.34. The van der Waals surface area contributed by atoms with Gasteiger partial charge in [-0.05, 0) is 66.5 Å². The van der Waals surface area contributed by atoms with E-state index in [0.29, 0.717) is 23.9 Å². The summed E-state index contributed by atoms with van der Waals surface area (Å²) in [7, 11) is 0. The van der Waals surface area contributed by atoms with Crippen LogP contribution in [0.15, 0.2) is 42.5 Å². The van der Waals surface area contributed by atoms with E-state index in [1.807, 2.05) is 18.2 Å². The average molecular weight is 474 g/mol. The molecule has 6 nitrogen and oxygen atoms in total. The molecule has 0 bridgehead atoms. The molecule has 2 fully saturated rings. The van der Waals surface area contributed by atoms with Crippen LogP contribution in [-0.4, -0.2) is 29.6 Å². The van der Waals surface area contributed by atoms with Gasteiger partial charge in [0, 0.05) is 12.6 Å². The Kier molecular flexibility index (Phi) is 7.75. The molecule has 6 heteroatoms. The number of nitriles is 1. The van der Waals surface area contributed by atoms with Crippen LogP contribution in [0.3, 0.4) is 0 Å². The first-order valence-electron chi connectivity index (χ1n) is 12.8. The van der Waals surface area contributed by atoms with Gasteiger partial charge in [-0.15, -0.1) is 0 Å². The number of rotatable bonds is 9. The first-order valence-corrected chi connectivity index (χ1v) is 12.8. The molecule has 0 heterocycles. The van der Waals surface area contributed by atoms with Gasteiger partial charge in [0.1, 0.15) is 0 Å². The second kappa shape index (κ2) is 10.9. The Bertz CT molecular complexity index is 1100. The van der Waals surface area contributed by atoms with Gasteiger partial charge in [0.05, 0.1) is 35.3 Å². The van der Waals surface area contributed by atoms with Crippen LogP contribution in [0.2, 0.25) is 0 Å². The molecule has 0 aliphatic heterocycles. The molecule has 0 spiro atoms. The molecule has 0 saturated heterocycles. The molecule has 0 radical (unpaired) electrons. The van der Waals surface area contributed by atoms with Gasteiger partial charge in [0.2, 0.25) is 5.91 Å². The largest absolute Gasteiger partial charge is 0.481 e. The van der Waals surface area contributed by atoms with Gasteiger partial charge in [0.25, 0.3) is 0 Å². The number of anilines is 2. The molecule has 2 atom stereocenters. The summed E-state index contributed by atoms with van der Waals surface area (Å²) in [4.78, 5) is 27.0. The van der Waals surface area contributed by atoms with E-state index in [4.69, 9.17) is 5.26 Å². The standard InChI is InChI=1S/C29H35N3O3/c1-19(2)18-32(23-6-4-3-5-7-23)27-13-12-22(24-16-25(24)29(34)35)15-26(27)31-28(33)14-20-8-10-21(17-30)11-9-20/h8-13,15,19,23-25H,3-7,14,16,18H2,1-2H3,(H,31,33)(H,34,35)/t24-,25-/m1/s1. The van der Waals surface area contributed by atoms with Crippen LogP contribution in [0.1, 0.15) is 75.0 Å². The Hall–Kier alpha value is -3.33. The average Bonchev–Trinajstić information content (AvgIpc) is 3.65. The molecule has 4 rings (SSSR count). The topological polar surface area (TPSA) is 93.4 Å². The molecule has 2 aromatic rings. The van der Waals surface area contributed by atoms with Gasteiger partial charge >= 0.3 is 5.97 Å². The molecule has 2 aliphatic rings. The summed E-state index contributed by atoms with van der Waals surface area (Å²) in [6.07, 6.45) is 6.88. The van der Waals surface area contributed by atoms with Crippen molar-refractivity contribution >= 4 is 23.3 Å². The fourth-order valence-corrected chi connectivity index (χ4v) is 5.28. The highest BCUT2D eigenvalue weighted by Crippen LogP contribution is 2.49. The Morgan fingerprint density at radius 2 is 1.83 bits per heavy atom. The molecule has 2 aliphatic carbocycles. The van der Waals surface area contributed by atoms with Gasteiger partial charge in [0.15, 0.2) is 0 Å². The van der Waals surface area contributed by atoms with Gasteiger partial charge in [-0.3, -0.25) is 9.59 Å². The fraction of sp³-hybridized carbons (Fsp3) is 0.483. The maximum absolute atomic E-state index is 13.1. The van der Waals surface area contributed by atoms with Crippen molar-refractivity contribution in [1.29, 1.82) is 5.26 Å². The minimum absolute atomic E-state index is 0.00366. The second-order valence-electron chi connectivity index (χ2n) is 10.4. The van der Waals surface area contributed by atoms with Crippen molar-refractivity contribution in [3.05, 3.63) is 59.2 Å². The second-order valence-corrected chi connectivity index (χ2v) is 10.4. The van der Waals surface area contributed by atoms with Gasteiger partial charge in [-0.2, -0.15) is 5.26 Å². The highest BCUT2D eigenvalue weighted by Gasteiger charge is 2.44. The van der Waals surface area contributed by atoms with E-state index in [2.05, 4.69) is 42.3 Å².